The largest absolute Gasteiger partial charge is 0.476 e. The van der Waals surface area contributed by atoms with Crippen molar-refractivity contribution < 1.29 is 19.1 Å². The van der Waals surface area contributed by atoms with Crippen molar-refractivity contribution in [1.82, 2.24) is 0 Å². The summed E-state index contributed by atoms with van der Waals surface area (Å²) in [5, 5.41) is 9.01. The molecule has 1 aromatic rings. The number of anilines is 1. The van der Waals surface area contributed by atoms with Gasteiger partial charge in [-0.25, -0.2) is 0 Å². The topological polar surface area (TPSA) is 79.6 Å². The number of nitriles is 1. The summed E-state index contributed by atoms with van der Waals surface area (Å²) >= 11 is 0. The number of benzene rings is 1. The molecule has 0 unspecified atom stereocenters. The summed E-state index contributed by atoms with van der Waals surface area (Å²) in [6, 6.07) is 6.92. The van der Waals surface area contributed by atoms with E-state index in [1.165, 1.54) is 4.90 Å². The molecule has 0 N–H and O–H groups in total. The van der Waals surface area contributed by atoms with Gasteiger partial charge in [0, 0.05) is 6.54 Å². The van der Waals surface area contributed by atoms with Crippen LogP contribution in [0.1, 0.15) is 32.8 Å². The van der Waals surface area contributed by atoms with Crippen LogP contribution in [0.4, 0.5) is 5.69 Å². The van der Waals surface area contributed by atoms with Gasteiger partial charge in [0.1, 0.15) is 5.75 Å². The van der Waals surface area contributed by atoms with E-state index in [0.717, 1.165) is 0 Å². The minimum absolute atomic E-state index is 0.0892. The normalized spacial score (nSPS) is 15.5. The summed E-state index contributed by atoms with van der Waals surface area (Å²) in [7, 11) is 0. The maximum absolute atomic E-state index is 12.5. The van der Waals surface area contributed by atoms with Crippen LogP contribution in [0.5, 0.6) is 5.75 Å². The van der Waals surface area contributed by atoms with Crippen LogP contribution in [0.25, 0.3) is 0 Å². The van der Waals surface area contributed by atoms with Crippen LogP contribution in [0, 0.1) is 11.3 Å². The van der Waals surface area contributed by atoms with Crippen LogP contribution < -0.4 is 9.64 Å². The summed E-state index contributed by atoms with van der Waals surface area (Å²) in [5.74, 6) is -0.0931. The van der Waals surface area contributed by atoms with Gasteiger partial charge in [0.25, 0.3) is 5.91 Å². The van der Waals surface area contributed by atoms with E-state index in [-0.39, 0.29) is 24.8 Å². The first kappa shape index (κ1) is 15.8. The molecular weight excluding hydrogens is 284 g/mol. The maximum atomic E-state index is 12.5. The number of hydrogen-bond donors (Lipinski definition) is 0. The number of carbonyl (C=O) groups is 2. The van der Waals surface area contributed by atoms with Gasteiger partial charge in [0.2, 0.25) is 0 Å². The van der Waals surface area contributed by atoms with E-state index in [1.807, 2.05) is 6.07 Å². The SMILES string of the molecule is CCOC(=O)CCN1C(=O)C(C)(C)Oc2ccc(C#N)cc21. The molecule has 22 heavy (non-hydrogen) atoms. The summed E-state index contributed by atoms with van der Waals surface area (Å²) in [6.07, 6.45) is 0.0892. The fourth-order valence-electron chi connectivity index (χ4n) is 2.30. The molecule has 0 aliphatic carbocycles. The van der Waals surface area contributed by atoms with Crippen LogP contribution in [0.15, 0.2) is 18.2 Å². The second-order valence-electron chi connectivity index (χ2n) is 5.42. The summed E-state index contributed by atoms with van der Waals surface area (Å²) < 4.78 is 10.6. The zero-order valence-corrected chi connectivity index (χ0v) is 12.9. The van der Waals surface area contributed by atoms with E-state index in [4.69, 9.17) is 14.7 Å². The van der Waals surface area contributed by atoms with Crippen LogP contribution in [0.3, 0.4) is 0 Å². The van der Waals surface area contributed by atoms with E-state index in [0.29, 0.717) is 23.6 Å². The highest BCUT2D eigenvalue weighted by molar-refractivity contribution is 6.02. The average molecular weight is 302 g/mol. The van der Waals surface area contributed by atoms with Gasteiger partial charge in [-0.3, -0.25) is 9.59 Å². The van der Waals surface area contributed by atoms with Gasteiger partial charge in [0.15, 0.2) is 5.60 Å². The Morgan fingerprint density at radius 3 is 2.82 bits per heavy atom. The third-order valence-electron chi connectivity index (χ3n) is 3.35. The zero-order valence-electron chi connectivity index (χ0n) is 12.9. The Bertz CT molecular complexity index is 646. The van der Waals surface area contributed by atoms with Crippen molar-refractivity contribution >= 4 is 17.6 Å². The van der Waals surface area contributed by atoms with Crippen molar-refractivity contribution in [2.24, 2.45) is 0 Å². The first-order valence-electron chi connectivity index (χ1n) is 7.10. The Hall–Kier alpha value is -2.55. The first-order valence-corrected chi connectivity index (χ1v) is 7.10. The fraction of sp³-hybridized carbons (Fsp3) is 0.438. The Morgan fingerprint density at radius 2 is 2.18 bits per heavy atom. The van der Waals surface area contributed by atoms with E-state index in [1.54, 1.807) is 39.0 Å². The van der Waals surface area contributed by atoms with Crippen LogP contribution in [-0.2, 0) is 14.3 Å². The lowest BCUT2D eigenvalue weighted by Crippen LogP contribution is -2.53. The number of amides is 1. The highest BCUT2D eigenvalue weighted by Crippen LogP contribution is 2.38. The second-order valence-corrected chi connectivity index (χ2v) is 5.42. The molecule has 0 bridgehead atoms. The molecular formula is C16H18N2O4. The van der Waals surface area contributed by atoms with Crippen molar-refractivity contribution in [1.29, 1.82) is 5.26 Å². The molecule has 0 spiro atoms. The number of ether oxygens (including phenoxy) is 2. The molecule has 116 valence electrons. The molecule has 0 saturated heterocycles. The van der Waals surface area contributed by atoms with Crippen LogP contribution in [0.2, 0.25) is 0 Å². The maximum Gasteiger partial charge on any atom is 0.307 e. The van der Waals surface area contributed by atoms with E-state index < -0.39 is 5.60 Å². The molecule has 2 rings (SSSR count). The standard InChI is InChI=1S/C16H18N2O4/c1-4-21-14(19)7-8-18-12-9-11(10-17)5-6-13(12)22-16(2,3)15(18)20/h5-6,9H,4,7-8H2,1-3H3. The molecule has 6 heteroatoms. The molecule has 0 fully saturated rings. The fourth-order valence-corrected chi connectivity index (χ4v) is 2.30. The summed E-state index contributed by atoms with van der Waals surface area (Å²) in [6.45, 7) is 5.57. The summed E-state index contributed by atoms with van der Waals surface area (Å²) in [4.78, 5) is 25.6. The third-order valence-corrected chi connectivity index (χ3v) is 3.35. The molecule has 1 heterocycles. The number of hydrogen-bond acceptors (Lipinski definition) is 5. The number of fused-ring (bicyclic) bond motifs is 1. The molecule has 6 nitrogen and oxygen atoms in total. The van der Waals surface area contributed by atoms with Gasteiger partial charge in [-0.15, -0.1) is 0 Å². The minimum atomic E-state index is -1.02. The molecule has 0 aromatic heterocycles. The molecule has 0 atom stereocenters. The lowest BCUT2D eigenvalue weighted by molar-refractivity contribution is -0.143. The highest BCUT2D eigenvalue weighted by atomic mass is 16.5. The first-order chi connectivity index (χ1) is 10.4. The second kappa shape index (κ2) is 6.06. The highest BCUT2D eigenvalue weighted by Gasteiger charge is 2.41. The van der Waals surface area contributed by atoms with Gasteiger partial charge < -0.3 is 14.4 Å². The Balaban J connectivity index is 2.32. The van der Waals surface area contributed by atoms with Crippen molar-refractivity contribution in [2.45, 2.75) is 32.8 Å². The van der Waals surface area contributed by atoms with Gasteiger partial charge in [-0.05, 0) is 39.0 Å². The van der Waals surface area contributed by atoms with Crippen molar-refractivity contribution in [3.63, 3.8) is 0 Å². The lowest BCUT2D eigenvalue weighted by Gasteiger charge is -2.38. The quantitative estimate of drug-likeness (QED) is 0.795. The predicted octanol–water partition coefficient (Wildman–Crippen LogP) is 2.02. The number of rotatable bonds is 4. The minimum Gasteiger partial charge on any atom is -0.476 e. The predicted molar refractivity (Wildman–Crippen MR) is 79.5 cm³/mol. The molecule has 1 amide bonds. The van der Waals surface area contributed by atoms with Gasteiger partial charge in [-0.1, -0.05) is 0 Å². The van der Waals surface area contributed by atoms with Crippen molar-refractivity contribution in [3.8, 4) is 11.8 Å². The lowest BCUT2D eigenvalue weighted by atomic mass is 10.0. The molecule has 0 saturated carbocycles. The van der Waals surface area contributed by atoms with Crippen LogP contribution in [-0.4, -0.2) is 30.6 Å². The summed E-state index contributed by atoms with van der Waals surface area (Å²) in [5.41, 5.74) is -0.0841. The molecule has 1 aromatic carbocycles. The number of nitrogens with zero attached hydrogens (tertiary/aromatic N) is 2. The van der Waals surface area contributed by atoms with E-state index >= 15 is 0 Å². The zero-order chi connectivity index (χ0) is 16.3. The van der Waals surface area contributed by atoms with Crippen molar-refractivity contribution in [2.75, 3.05) is 18.1 Å². The Morgan fingerprint density at radius 1 is 1.45 bits per heavy atom. The number of esters is 1. The number of carbonyl (C=O) groups excluding carboxylic acids is 2. The van der Waals surface area contributed by atoms with Crippen LogP contribution >= 0.6 is 0 Å². The Labute approximate surface area is 129 Å². The monoisotopic (exact) mass is 302 g/mol. The van der Waals surface area contributed by atoms with Gasteiger partial charge in [-0.2, -0.15) is 5.26 Å². The van der Waals surface area contributed by atoms with Gasteiger partial charge in [0.05, 0.1) is 30.3 Å². The molecule has 0 radical (unpaired) electrons. The van der Waals surface area contributed by atoms with Gasteiger partial charge >= 0.3 is 5.97 Å². The average Bonchev–Trinajstić information content (AvgIpc) is 2.47. The Kier molecular flexibility index (Phi) is 4.36. The third kappa shape index (κ3) is 3.03. The smallest absolute Gasteiger partial charge is 0.307 e. The molecule has 1 aliphatic heterocycles. The van der Waals surface area contributed by atoms with E-state index in [2.05, 4.69) is 0 Å². The molecule has 1 aliphatic rings. The van der Waals surface area contributed by atoms with E-state index in [9.17, 15) is 9.59 Å². The van der Waals surface area contributed by atoms with Crippen molar-refractivity contribution in [3.05, 3.63) is 23.8 Å².